The lowest BCUT2D eigenvalue weighted by Gasteiger charge is -2.12. The number of ether oxygens (including phenoxy) is 3. The van der Waals surface area contributed by atoms with Crippen LogP contribution < -0.4 is 14.8 Å². The molecule has 7 nitrogen and oxygen atoms in total. The zero-order chi connectivity index (χ0) is 25.2. The lowest BCUT2D eigenvalue weighted by Crippen LogP contribution is -2.24. The Morgan fingerprint density at radius 3 is 2.20 bits per heavy atom. The molecule has 0 saturated heterocycles. The average molecular weight is 496 g/mol. The highest BCUT2D eigenvalue weighted by molar-refractivity contribution is 6.30. The Balaban J connectivity index is 1.40. The molecule has 1 amide bonds. The van der Waals surface area contributed by atoms with Crippen LogP contribution in [0, 0.1) is 0 Å². The van der Waals surface area contributed by atoms with Crippen molar-refractivity contribution in [2.45, 2.75) is 32.3 Å². The van der Waals surface area contributed by atoms with E-state index in [0.29, 0.717) is 39.9 Å². The van der Waals surface area contributed by atoms with Gasteiger partial charge in [0.25, 0.3) is 0 Å². The van der Waals surface area contributed by atoms with Crippen molar-refractivity contribution in [1.29, 1.82) is 0 Å². The molecule has 8 heteroatoms. The molecule has 35 heavy (non-hydrogen) atoms. The van der Waals surface area contributed by atoms with Crippen LogP contribution in [0.2, 0.25) is 5.02 Å². The highest BCUT2D eigenvalue weighted by Crippen LogP contribution is 2.31. The van der Waals surface area contributed by atoms with Gasteiger partial charge in [0.2, 0.25) is 11.7 Å². The number of hydrogen-bond donors (Lipinski definition) is 1. The van der Waals surface area contributed by atoms with E-state index < -0.39 is 12.1 Å². The molecule has 0 saturated carbocycles. The minimum Gasteiger partial charge on any atom is -0.493 e. The predicted molar refractivity (Wildman–Crippen MR) is 133 cm³/mol. The van der Waals surface area contributed by atoms with Crippen LogP contribution >= 0.6 is 11.6 Å². The van der Waals surface area contributed by atoms with E-state index in [-0.39, 0.29) is 24.5 Å². The first-order chi connectivity index (χ1) is 16.9. The molecular weight excluding hydrogens is 470 g/mol. The summed E-state index contributed by atoms with van der Waals surface area (Å²) in [6.45, 7) is 1.52. The topological polar surface area (TPSA) is 90.9 Å². The van der Waals surface area contributed by atoms with Gasteiger partial charge in [-0.2, -0.15) is 0 Å². The monoisotopic (exact) mass is 495 g/mol. The molecule has 3 aromatic carbocycles. The van der Waals surface area contributed by atoms with Gasteiger partial charge in [-0.25, -0.2) is 0 Å². The van der Waals surface area contributed by atoms with E-state index in [1.807, 2.05) is 12.1 Å². The summed E-state index contributed by atoms with van der Waals surface area (Å²) < 4.78 is 16.3. The highest BCUT2D eigenvalue weighted by atomic mass is 35.5. The maximum absolute atomic E-state index is 12.3. The van der Waals surface area contributed by atoms with Gasteiger partial charge >= 0.3 is 5.97 Å². The van der Waals surface area contributed by atoms with E-state index in [2.05, 4.69) is 5.32 Å². The molecule has 0 aliphatic carbocycles. The molecule has 0 heterocycles. The summed E-state index contributed by atoms with van der Waals surface area (Å²) in [6.07, 6.45) is -0.471. The van der Waals surface area contributed by atoms with Crippen LogP contribution in [-0.2, 0) is 14.3 Å². The van der Waals surface area contributed by atoms with Crippen LogP contribution in [0.15, 0.2) is 72.8 Å². The number of esters is 1. The highest BCUT2D eigenvalue weighted by Gasteiger charge is 2.19. The van der Waals surface area contributed by atoms with Crippen LogP contribution in [0.5, 0.6) is 17.2 Å². The zero-order valence-electron chi connectivity index (χ0n) is 19.5. The van der Waals surface area contributed by atoms with Crippen LogP contribution in [0.3, 0.4) is 0 Å². The summed E-state index contributed by atoms with van der Waals surface area (Å²) in [6, 6.07) is 20.6. The summed E-state index contributed by atoms with van der Waals surface area (Å²) in [4.78, 5) is 36.6. The van der Waals surface area contributed by atoms with Crippen molar-refractivity contribution in [2.75, 3.05) is 12.4 Å². The largest absolute Gasteiger partial charge is 0.493 e. The third-order valence-corrected chi connectivity index (χ3v) is 5.28. The second-order valence-electron chi connectivity index (χ2n) is 7.68. The molecule has 0 aromatic heterocycles. The number of carbonyl (C=O) groups is 3. The number of para-hydroxylation sites is 2. The molecule has 0 bridgehead atoms. The van der Waals surface area contributed by atoms with Gasteiger partial charge in [0.05, 0.1) is 7.11 Å². The number of methoxy groups -OCH3 is 1. The van der Waals surface area contributed by atoms with E-state index in [1.54, 1.807) is 67.8 Å². The summed E-state index contributed by atoms with van der Waals surface area (Å²) in [5.74, 6) is 0.713. The van der Waals surface area contributed by atoms with E-state index >= 15 is 0 Å². The molecule has 0 aliphatic rings. The second kappa shape index (κ2) is 12.6. The van der Waals surface area contributed by atoms with Crippen molar-refractivity contribution >= 4 is 34.9 Å². The van der Waals surface area contributed by atoms with E-state index in [4.69, 9.17) is 25.8 Å². The standard InChI is InChI=1S/C27H26ClNO6/c1-18(27(32)19-10-12-20(28)13-11-19)34-26(31)9-5-8-25(30)29-21-14-16-22(17-15-21)35-24-7-4-3-6-23(24)33-2/h3-4,6-7,10-18H,5,8-9H2,1-2H3,(H,29,30). The SMILES string of the molecule is COc1ccccc1Oc1ccc(NC(=O)CCCC(=O)OC(C)C(=O)c2ccc(Cl)cc2)cc1. The fourth-order valence-corrected chi connectivity index (χ4v) is 3.34. The lowest BCUT2D eigenvalue weighted by atomic mass is 10.1. The number of rotatable bonds is 11. The number of nitrogens with one attached hydrogen (secondary N) is 1. The quantitative estimate of drug-likeness (QED) is 0.256. The molecule has 0 fully saturated rings. The Kier molecular flexibility index (Phi) is 9.26. The van der Waals surface area contributed by atoms with Gasteiger partial charge in [-0.05, 0) is 74.0 Å². The third-order valence-electron chi connectivity index (χ3n) is 5.03. The first-order valence-electron chi connectivity index (χ1n) is 11.1. The van der Waals surface area contributed by atoms with Gasteiger partial charge in [-0.15, -0.1) is 0 Å². The zero-order valence-corrected chi connectivity index (χ0v) is 20.2. The van der Waals surface area contributed by atoms with Crippen molar-refractivity contribution in [2.24, 2.45) is 0 Å². The molecule has 1 N–H and O–H groups in total. The lowest BCUT2D eigenvalue weighted by molar-refractivity contribution is -0.146. The number of Topliss-reactive ketones (excluding diaryl/α,β-unsaturated/α-hetero) is 1. The third kappa shape index (κ3) is 7.86. The molecule has 1 atom stereocenters. The maximum atomic E-state index is 12.3. The van der Waals surface area contributed by atoms with Crippen molar-refractivity contribution in [3.63, 3.8) is 0 Å². The summed E-state index contributed by atoms with van der Waals surface area (Å²) in [5, 5.41) is 3.29. The minimum absolute atomic E-state index is 0.0251. The Labute approximate surface area is 209 Å². The normalized spacial score (nSPS) is 11.3. The molecule has 3 aromatic rings. The van der Waals surface area contributed by atoms with Crippen LogP contribution in [0.4, 0.5) is 5.69 Å². The first kappa shape index (κ1) is 25.8. The number of anilines is 1. The van der Waals surface area contributed by atoms with Crippen molar-refractivity contribution in [3.8, 4) is 17.2 Å². The molecule has 3 rings (SSSR count). The van der Waals surface area contributed by atoms with Crippen molar-refractivity contribution in [1.82, 2.24) is 0 Å². The molecule has 0 radical (unpaired) electrons. The van der Waals surface area contributed by atoms with Crippen LogP contribution in [-0.4, -0.2) is 30.9 Å². The van der Waals surface area contributed by atoms with Gasteiger partial charge in [-0.3, -0.25) is 14.4 Å². The smallest absolute Gasteiger partial charge is 0.306 e. The van der Waals surface area contributed by atoms with E-state index in [1.165, 1.54) is 6.92 Å². The Hall–Kier alpha value is -3.84. The number of hydrogen-bond acceptors (Lipinski definition) is 6. The first-order valence-corrected chi connectivity index (χ1v) is 11.4. The molecule has 0 spiro atoms. The van der Waals surface area contributed by atoms with E-state index in [9.17, 15) is 14.4 Å². The summed E-state index contributed by atoms with van der Waals surface area (Å²) >= 11 is 5.82. The number of benzene rings is 3. The summed E-state index contributed by atoms with van der Waals surface area (Å²) in [5.41, 5.74) is 1.01. The summed E-state index contributed by atoms with van der Waals surface area (Å²) in [7, 11) is 1.57. The van der Waals surface area contributed by atoms with Crippen molar-refractivity contribution in [3.05, 3.63) is 83.4 Å². The molecular formula is C27H26ClNO6. The van der Waals surface area contributed by atoms with Gasteiger partial charge < -0.3 is 19.5 Å². The van der Waals surface area contributed by atoms with Crippen LogP contribution in [0.25, 0.3) is 0 Å². The van der Waals surface area contributed by atoms with Gasteiger partial charge in [-0.1, -0.05) is 23.7 Å². The van der Waals surface area contributed by atoms with Crippen molar-refractivity contribution < 1.29 is 28.6 Å². The Morgan fingerprint density at radius 1 is 0.886 bits per heavy atom. The van der Waals surface area contributed by atoms with Gasteiger partial charge in [0.1, 0.15) is 5.75 Å². The number of amides is 1. The number of carbonyl (C=O) groups excluding carboxylic acids is 3. The average Bonchev–Trinajstić information content (AvgIpc) is 2.85. The van der Waals surface area contributed by atoms with Crippen LogP contribution in [0.1, 0.15) is 36.5 Å². The van der Waals surface area contributed by atoms with Gasteiger partial charge in [0.15, 0.2) is 17.6 Å². The number of ketones is 1. The number of halogens is 1. The minimum atomic E-state index is -0.922. The van der Waals surface area contributed by atoms with Gasteiger partial charge in [0, 0.05) is 29.1 Å². The Bertz CT molecular complexity index is 1160. The molecule has 182 valence electrons. The fourth-order valence-electron chi connectivity index (χ4n) is 3.21. The van der Waals surface area contributed by atoms with E-state index in [0.717, 1.165) is 0 Å². The fraction of sp³-hybridized carbons (Fsp3) is 0.222. The predicted octanol–water partition coefficient (Wildman–Crippen LogP) is 6.06. The maximum Gasteiger partial charge on any atom is 0.306 e. The molecule has 0 aliphatic heterocycles. The molecule has 1 unspecified atom stereocenters. The second-order valence-corrected chi connectivity index (χ2v) is 8.12. The Morgan fingerprint density at radius 2 is 1.54 bits per heavy atom.